The first-order valence-corrected chi connectivity index (χ1v) is 12.0. The van der Waals surface area contributed by atoms with Gasteiger partial charge in [0, 0.05) is 22.7 Å². The van der Waals surface area contributed by atoms with Gasteiger partial charge in [-0.05, 0) is 66.6 Å². The molecule has 36 heavy (non-hydrogen) atoms. The summed E-state index contributed by atoms with van der Waals surface area (Å²) in [6.07, 6.45) is 1.20. The van der Waals surface area contributed by atoms with E-state index in [1.54, 1.807) is 6.07 Å². The van der Waals surface area contributed by atoms with Crippen LogP contribution >= 0.6 is 22.6 Å². The fraction of sp³-hybridized carbons (Fsp3) is 0.208. The Hall–Kier alpha value is -3.81. The number of non-ortho nitro benzene ring substituents is 1. The molecule has 0 unspecified atom stereocenters. The Kier molecular flexibility index (Phi) is 5.77. The lowest BCUT2D eigenvalue weighted by molar-refractivity contribution is -0.384. The highest BCUT2D eigenvalue weighted by molar-refractivity contribution is 14.1. The number of hydrogen-bond donors (Lipinski definition) is 0. The number of aromatic nitrogens is 3. The summed E-state index contributed by atoms with van der Waals surface area (Å²) in [6, 6.07) is 9.19. The van der Waals surface area contributed by atoms with Crippen LogP contribution in [0.5, 0.6) is 11.5 Å². The molecule has 5 rings (SSSR count). The van der Waals surface area contributed by atoms with Crippen LogP contribution in [0.3, 0.4) is 0 Å². The molecule has 0 N–H and O–H groups in total. The summed E-state index contributed by atoms with van der Waals surface area (Å²) in [7, 11) is 1.39. The fourth-order valence-electron chi connectivity index (χ4n) is 4.20. The zero-order valence-corrected chi connectivity index (χ0v) is 21.2. The van der Waals surface area contributed by atoms with Gasteiger partial charge in [0.05, 0.1) is 22.2 Å². The molecule has 4 aromatic rings. The molecular weight excluding hydrogens is 586 g/mol. The summed E-state index contributed by atoms with van der Waals surface area (Å²) in [5.41, 5.74) is -2.48. The van der Waals surface area contributed by atoms with Crippen LogP contribution in [0.1, 0.15) is 24.4 Å². The molecule has 2 aromatic carbocycles. The van der Waals surface area contributed by atoms with E-state index in [9.17, 15) is 24.5 Å². The summed E-state index contributed by atoms with van der Waals surface area (Å²) in [5, 5.41) is 11.1. The Balaban J connectivity index is 1.93. The number of fused-ring (bicyclic) bond motifs is 1. The minimum absolute atomic E-state index is 0.0254. The molecule has 0 atom stereocenters. The third kappa shape index (κ3) is 3.81. The van der Waals surface area contributed by atoms with E-state index in [2.05, 4.69) is 0 Å². The average molecular weight is 604 g/mol. The molecule has 0 radical (unpaired) electrons. The van der Waals surface area contributed by atoms with Crippen LogP contribution in [-0.2, 0) is 7.05 Å². The Morgan fingerprint density at radius 1 is 1.11 bits per heavy atom. The van der Waals surface area contributed by atoms with Gasteiger partial charge < -0.3 is 4.74 Å². The van der Waals surface area contributed by atoms with Crippen LogP contribution in [0.25, 0.3) is 16.7 Å². The van der Waals surface area contributed by atoms with Crippen LogP contribution in [-0.4, -0.2) is 18.6 Å². The van der Waals surface area contributed by atoms with E-state index in [1.807, 2.05) is 22.6 Å². The topological polar surface area (TPSA) is 118 Å². The molecule has 0 saturated heterocycles. The van der Waals surface area contributed by atoms with Gasteiger partial charge in [0.25, 0.3) is 16.8 Å². The van der Waals surface area contributed by atoms with Crippen molar-refractivity contribution in [1.29, 1.82) is 0 Å². The molecular formula is C24H18FIN4O6. The number of halogens is 2. The second kappa shape index (κ2) is 8.69. The van der Waals surface area contributed by atoms with Gasteiger partial charge in [-0.1, -0.05) is 6.07 Å². The third-order valence-corrected chi connectivity index (χ3v) is 6.76. The van der Waals surface area contributed by atoms with Crippen molar-refractivity contribution in [3.8, 4) is 17.2 Å². The van der Waals surface area contributed by atoms with Gasteiger partial charge in [0.1, 0.15) is 22.6 Å². The van der Waals surface area contributed by atoms with Crippen molar-refractivity contribution in [2.24, 2.45) is 7.05 Å². The zero-order valence-electron chi connectivity index (χ0n) is 19.0. The molecule has 12 heteroatoms. The lowest BCUT2D eigenvalue weighted by Gasteiger charge is -2.20. The van der Waals surface area contributed by atoms with Gasteiger partial charge in [0.15, 0.2) is 5.75 Å². The number of nitrogens with zero attached hydrogens (tertiary/aromatic N) is 4. The molecule has 0 bridgehead atoms. The fourth-order valence-corrected chi connectivity index (χ4v) is 4.66. The number of rotatable bonds is 5. The number of benzene rings is 2. The number of nitro benzene ring substituents is 1. The van der Waals surface area contributed by atoms with E-state index < -0.39 is 27.5 Å². The monoisotopic (exact) mass is 604 g/mol. The number of nitro groups is 1. The summed E-state index contributed by atoms with van der Waals surface area (Å²) in [5.74, 6) is -0.828. The highest BCUT2D eigenvalue weighted by Crippen LogP contribution is 2.35. The smallest absolute Gasteiger partial charge is 0.337 e. The van der Waals surface area contributed by atoms with E-state index >= 15 is 4.39 Å². The van der Waals surface area contributed by atoms with Crippen molar-refractivity contribution in [3.05, 3.63) is 98.7 Å². The van der Waals surface area contributed by atoms with Crippen molar-refractivity contribution in [3.63, 3.8) is 0 Å². The lowest BCUT2D eigenvalue weighted by atomic mass is 10.2. The Labute approximate surface area is 215 Å². The number of aryl methyl sites for hydroxylation is 1. The molecule has 2 aromatic heterocycles. The van der Waals surface area contributed by atoms with Gasteiger partial charge in [-0.25, -0.2) is 13.8 Å². The quantitative estimate of drug-likeness (QED) is 0.194. The molecule has 0 amide bonds. The average Bonchev–Trinajstić information content (AvgIpc) is 3.66. The maximum atomic E-state index is 15.1. The number of pyridine rings is 1. The summed E-state index contributed by atoms with van der Waals surface area (Å²) in [6.45, 7) is 1.45. The van der Waals surface area contributed by atoms with Gasteiger partial charge >= 0.3 is 5.69 Å². The van der Waals surface area contributed by atoms with Crippen molar-refractivity contribution < 1.29 is 14.1 Å². The first-order chi connectivity index (χ1) is 17.1. The summed E-state index contributed by atoms with van der Waals surface area (Å²) in [4.78, 5) is 51.1. The Morgan fingerprint density at radius 3 is 2.47 bits per heavy atom. The molecule has 10 nitrogen and oxygen atoms in total. The third-order valence-electron chi connectivity index (χ3n) is 6.09. The van der Waals surface area contributed by atoms with Gasteiger partial charge in [0.2, 0.25) is 0 Å². The van der Waals surface area contributed by atoms with Crippen LogP contribution in [0.15, 0.2) is 56.8 Å². The van der Waals surface area contributed by atoms with Crippen LogP contribution in [0, 0.1) is 26.4 Å². The maximum absolute atomic E-state index is 15.1. The molecule has 0 aliphatic heterocycles. The minimum Gasteiger partial charge on any atom is -0.456 e. The molecule has 0 spiro atoms. The van der Waals surface area contributed by atoms with Gasteiger partial charge in [-0.2, -0.15) is 0 Å². The number of ether oxygens (including phenoxy) is 1. The lowest BCUT2D eigenvalue weighted by Crippen LogP contribution is -2.41. The molecule has 2 heterocycles. The van der Waals surface area contributed by atoms with Gasteiger partial charge in [-0.3, -0.25) is 28.8 Å². The Bertz CT molecular complexity index is 1770. The van der Waals surface area contributed by atoms with Crippen molar-refractivity contribution in [2.75, 3.05) is 0 Å². The second-order valence-electron chi connectivity index (χ2n) is 8.49. The minimum atomic E-state index is -0.768. The molecule has 184 valence electrons. The van der Waals surface area contributed by atoms with Crippen LogP contribution in [0.2, 0.25) is 0 Å². The summed E-state index contributed by atoms with van der Waals surface area (Å²) >= 11 is 1.94. The van der Waals surface area contributed by atoms with Crippen molar-refractivity contribution in [1.82, 2.24) is 13.7 Å². The highest BCUT2D eigenvalue weighted by atomic mass is 127. The largest absolute Gasteiger partial charge is 0.456 e. The highest BCUT2D eigenvalue weighted by Gasteiger charge is 2.32. The first kappa shape index (κ1) is 23.9. The Morgan fingerprint density at radius 2 is 1.83 bits per heavy atom. The molecule has 1 fully saturated rings. The van der Waals surface area contributed by atoms with Crippen molar-refractivity contribution >= 4 is 39.3 Å². The predicted octanol–water partition coefficient (Wildman–Crippen LogP) is 3.94. The SMILES string of the molecule is Cc1c(Oc2cccc([N+](=O)[O-])c2)c2c(=O)n(C3CC3)c(=O)n(-c3ccc(I)cc3F)c2n(C)c1=O. The number of hydrogen-bond acceptors (Lipinski definition) is 6. The van der Waals surface area contributed by atoms with E-state index in [-0.39, 0.29) is 45.5 Å². The molecule has 1 aliphatic carbocycles. The standard InChI is InChI=1S/C24H18FIN4O6/c1-12-20(36-16-5-3-4-15(11-16)30(34)35)19-21(27(2)22(12)31)29(18-9-6-13(26)10-17(18)25)24(33)28(23(19)32)14-7-8-14/h3-6,9-11,14H,7-8H2,1-2H3. The molecule has 1 aliphatic rings. The maximum Gasteiger partial charge on any atom is 0.337 e. The van der Waals surface area contributed by atoms with Crippen molar-refractivity contribution in [2.45, 2.75) is 25.8 Å². The first-order valence-electron chi connectivity index (χ1n) is 10.9. The van der Waals surface area contributed by atoms with Gasteiger partial charge in [-0.15, -0.1) is 0 Å². The normalized spacial score (nSPS) is 13.2. The van der Waals surface area contributed by atoms with Crippen LogP contribution in [0.4, 0.5) is 10.1 Å². The second-order valence-corrected chi connectivity index (χ2v) is 9.74. The van der Waals surface area contributed by atoms with E-state index in [0.29, 0.717) is 16.4 Å². The summed E-state index contributed by atoms with van der Waals surface area (Å²) < 4.78 is 24.8. The van der Waals surface area contributed by atoms with E-state index in [0.717, 1.165) is 19.8 Å². The molecule has 1 saturated carbocycles. The van der Waals surface area contributed by atoms with Crippen LogP contribution < -0.4 is 21.5 Å². The van der Waals surface area contributed by atoms with E-state index in [1.165, 1.54) is 44.3 Å². The predicted molar refractivity (Wildman–Crippen MR) is 138 cm³/mol. The zero-order chi connectivity index (χ0) is 25.9. The van der Waals surface area contributed by atoms with E-state index in [4.69, 9.17) is 4.74 Å².